The zero-order chi connectivity index (χ0) is 22.9. The van der Waals surface area contributed by atoms with Crippen LogP contribution < -0.4 is 5.32 Å². The van der Waals surface area contributed by atoms with E-state index in [0.717, 1.165) is 17.5 Å². The molecule has 2 aliphatic rings. The molecule has 0 saturated carbocycles. The molecule has 9 heteroatoms. The summed E-state index contributed by atoms with van der Waals surface area (Å²) >= 11 is 5.83. The number of likely N-dealkylation sites (tertiary alicyclic amines) is 1. The number of hydrogen-bond acceptors (Lipinski definition) is 6. The van der Waals surface area contributed by atoms with Crippen molar-refractivity contribution in [2.24, 2.45) is 0 Å². The molecule has 2 aromatic rings. The van der Waals surface area contributed by atoms with Gasteiger partial charge in [-0.2, -0.15) is 0 Å². The number of benzene rings is 1. The summed E-state index contributed by atoms with van der Waals surface area (Å²) in [4.78, 5) is 37.3. The van der Waals surface area contributed by atoms with Gasteiger partial charge in [-0.05, 0) is 56.9 Å². The topological polar surface area (TPSA) is 87.7 Å². The number of halogens is 1. The Balaban J connectivity index is 1.36. The minimum absolute atomic E-state index is 0.0173. The summed E-state index contributed by atoms with van der Waals surface area (Å²) in [6.07, 6.45) is 4.32. The number of carbonyl (C=O) groups is 2. The lowest BCUT2D eigenvalue weighted by atomic mass is 9.97. The van der Waals surface area contributed by atoms with E-state index in [1.165, 1.54) is 0 Å². The molecule has 0 spiro atoms. The molecule has 2 aliphatic heterocycles. The summed E-state index contributed by atoms with van der Waals surface area (Å²) in [5.41, 5.74) is 2.33. The minimum atomic E-state index is -0.518. The molecule has 1 aromatic carbocycles. The zero-order valence-corrected chi connectivity index (χ0v) is 19.4. The van der Waals surface area contributed by atoms with Gasteiger partial charge in [-0.15, -0.1) is 0 Å². The summed E-state index contributed by atoms with van der Waals surface area (Å²) in [6.45, 7) is 7.93. The van der Waals surface area contributed by atoms with E-state index in [9.17, 15) is 9.59 Å². The highest BCUT2D eigenvalue weighted by Crippen LogP contribution is 2.24. The number of amides is 2. The van der Waals surface area contributed by atoms with Gasteiger partial charge in [-0.3, -0.25) is 4.79 Å². The fourth-order valence-electron chi connectivity index (χ4n) is 3.98. The first-order valence-electron chi connectivity index (χ1n) is 10.8. The number of rotatable bonds is 3. The van der Waals surface area contributed by atoms with Crippen LogP contribution in [0.4, 0.5) is 10.7 Å². The van der Waals surface area contributed by atoms with E-state index < -0.39 is 5.60 Å². The van der Waals surface area contributed by atoms with E-state index in [2.05, 4.69) is 15.3 Å². The fraction of sp³-hybridized carbons (Fsp3) is 0.478. The summed E-state index contributed by atoms with van der Waals surface area (Å²) in [5, 5.41) is 3.75. The predicted octanol–water partition coefficient (Wildman–Crippen LogP) is 3.75. The van der Waals surface area contributed by atoms with Crippen LogP contribution in [0.3, 0.4) is 0 Å². The number of nitrogens with zero attached hydrogens (tertiary/aromatic N) is 4. The van der Waals surface area contributed by atoms with Crippen molar-refractivity contribution >= 4 is 29.5 Å². The minimum Gasteiger partial charge on any atom is -0.444 e. The Morgan fingerprint density at radius 1 is 1.12 bits per heavy atom. The monoisotopic (exact) mass is 457 g/mol. The van der Waals surface area contributed by atoms with Crippen molar-refractivity contribution in [3.05, 3.63) is 52.3 Å². The molecule has 1 fully saturated rings. The van der Waals surface area contributed by atoms with Gasteiger partial charge in [0.2, 0.25) is 5.95 Å². The van der Waals surface area contributed by atoms with Crippen LogP contribution in [0.5, 0.6) is 0 Å². The van der Waals surface area contributed by atoms with Crippen LogP contribution in [-0.4, -0.2) is 63.0 Å². The van der Waals surface area contributed by atoms with Gasteiger partial charge in [0.1, 0.15) is 5.60 Å². The average molecular weight is 458 g/mol. The van der Waals surface area contributed by atoms with E-state index >= 15 is 0 Å². The normalized spacial score (nSPS) is 18.3. The molecule has 1 saturated heterocycles. The maximum Gasteiger partial charge on any atom is 0.410 e. The molecule has 2 amide bonds. The van der Waals surface area contributed by atoms with Gasteiger partial charge >= 0.3 is 6.09 Å². The second-order valence-corrected chi connectivity index (χ2v) is 9.68. The second kappa shape index (κ2) is 8.94. The molecule has 170 valence electrons. The summed E-state index contributed by atoms with van der Waals surface area (Å²) in [5.74, 6) is 0.528. The van der Waals surface area contributed by atoms with Gasteiger partial charge in [-0.25, -0.2) is 14.8 Å². The number of fused-ring (bicyclic) bond motifs is 1. The number of anilines is 1. The van der Waals surface area contributed by atoms with Gasteiger partial charge in [0.25, 0.3) is 5.91 Å². The van der Waals surface area contributed by atoms with Crippen LogP contribution in [0.15, 0.2) is 30.6 Å². The third-order valence-corrected chi connectivity index (χ3v) is 5.74. The maximum atomic E-state index is 13.1. The number of nitrogens with one attached hydrogen (secondary N) is 1. The third kappa shape index (κ3) is 5.30. The van der Waals surface area contributed by atoms with E-state index in [-0.39, 0.29) is 18.0 Å². The van der Waals surface area contributed by atoms with Crippen molar-refractivity contribution in [1.82, 2.24) is 19.8 Å². The number of hydrogen-bond donors (Lipinski definition) is 1. The van der Waals surface area contributed by atoms with Crippen molar-refractivity contribution in [3.8, 4) is 0 Å². The molecule has 32 heavy (non-hydrogen) atoms. The van der Waals surface area contributed by atoms with Crippen LogP contribution in [0, 0.1) is 0 Å². The van der Waals surface area contributed by atoms with E-state index in [1.54, 1.807) is 17.3 Å². The quantitative estimate of drug-likeness (QED) is 0.755. The zero-order valence-electron chi connectivity index (χ0n) is 18.6. The SMILES string of the molecule is CC(C)(C)OC(=O)N1CCc2cc(C(=O)N3CC[C@@H](Nc4ncc(Cl)cn4)C3)ccc2C1. The van der Waals surface area contributed by atoms with Crippen molar-refractivity contribution in [2.45, 2.75) is 51.8 Å². The first-order chi connectivity index (χ1) is 15.2. The molecule has 0 aliphatic carbocycles. The van der Waals surface area contributed by atoms with E-state index in [4.69, 9.17) is 16.3 Å². The molecule has 0 unspecified atom stereocenters. The Labute approximate surface area is 192 Å². The van der Waals surface area contributed by atoms with Gasteiger partial charge in [0.05, 0.1) is 17.4 Å². The molecule has 3 heterocycles. The van der Waals surface area contributed by atoms with Crippen LogP contribution in [0.25, 0.3) is 0 Å². The van der Waals surface area contributed by atoms with Crippen LogP contribution in [0.1, 0.15) is 48.7 Å². The average Bonchev–Trinajstić information content (AvgIpc) is 3.21. The van der Waals surface area contributed by atoms with Gasteiger partial charge in [0.15, 0.2) is 0 Å². The number of ether oxygens (including phenoxy) is 1. The van der Waals surface area contributed by atoms with Gasteiger partial charge < -0.3 is 19.9 Å². The highest BCUT2D eigenvalue weighted by molar-refractivity contribution is 6.30. The molecule has 1 aromatic heterocycles. The summed E-state index contributed by atoms with van der Waals surface area (Å²) < 4.78 is 5.48. The first kappa shape index (κ1) is 22.3. The maximum absolute atomic E-state index is 13.1. The van der Waals surface area contributed by atoms with E-state index in [0.29, 0.717) is 49.1 Å². The van der Waals surface area contributed by atoms with Crippen molar-refractivity contribution in [3.63, 3.8) is 0 Å². The van der Waals surface area contributed by atoms with Crippen LogP contribution in [-0.2, 0) is 17.7 Å². The summed E-state index contributed by atoms with van der Waals surface area (Å²) in [7, 11) is 0. The molecule has 0 radical (unpaired) electrons. The molecule has 4 rings (SSSR count). The Morgan fingerprint density at radius 2 is 1.88 bits per heavy atom. The van der Waals surface area contributed by atoms with Crippen LogP contribution in [0.2, 0.25) is 5.02 Å². The van der Waals surface area contributed by atoms with Crippen molar-refractivity contribution in [1.29, 1.82) is 0 Å². The molecule has 1 atom stereocenters. The molecule has 0 bridgehead atoms. The van der Waals surface area contributed by atoms with Crippen molar-refractivity contribution in [2.75, 3.05) is 25.0 Å². The largest absolute Gasteiger partial charge is 0.444 e. The lowest BCUT2D eigenvalue weighted by Crippen LogP contribution is -2.40. The number of aromatic nitrogens is 2. The Morgan fingerprint density at radius 3 is 2.59 bits per heavy atom. The van der Waals surface area contributed by atoms with Crippen LogP contribution >= 0.6 is 11.6 Å². The fourth-order valence-corrected chi connectivity index (χ4v) is 4.08. The van der Waals surface area contributed by atoms with Gasteiger partial charge in [0, 0.05) is 37.8 Å². The first-order valence-corrected chi connectivity index (χ1v) is 11.2. The number of carbonyl (C=O) groups excluding carboxylic acids is 2. The molecule has 8 nitrogen and oxygen atoms in total. The van der Waals surface area contributed by atoms with Gasteiger partial charge in [-0.1, -0.05) is 17.7 Å². The van der Waals surface area contributed by atoms with Crippen molar-refractivity contribution < 1.29 is 14.3 Å². The molecule has 1 N–H and O–H groups in total. The Bertz CT molecular complexity index is 1010. The second-order valence-electron chi connectivity index (χ2n) is 9.24. The standard InChI is InChI=1S/C23H28ClN5O3/c1-23(2,3)32-22(31)29-8-6-15-10-16(4-5-17(15)13-29)20(30)28-9-7-19(14-28)27-21-25-11-18(24)12-26-21/h4-5,10-12,19H,6-9,13-14H2,1-3H3,(H,25,26,27)/t19-/m1/s1. The highest BCUT2D eigenvalue weighted by Gasteiger charge is 2.29. The predicted molar refractivity (Wildman–Crippen MR) is 122 cm³/mol. The highest BCUT2D eigenvalue weighted by atomic mass is 35.5. The van der Waals surface area contributed by atoms with E-state index in [1.807, 2.05) is 43.9 Å². The molecular formula is C23H28ClN5O3. The smallest absolute Gasteiger partial charge is 0.410 e. The Kier molecular flexibility index (Phi) is 6.24. The molecular weight excluding hydrogens is 430 g/mol. The lowest BCUT2D eigenvalue weighted by Gasteiger charge is -2.31. The Hall–Kier alpha value is -2.87. The lowest BCUT2D eigenvalue weighted by molar-refractivity contribution is 0.0223. The third-order valence-electron chi connectivity index (χ3n) is 5.55. The summed E-state index contributed by atoms with van der Waals surface area (Å²) in [6, 6.07) is 5.86.